The summed E-state index contributed by atoms with van der Waals surface area (Å²) >= 11 is 0. The van der Waals surface area contributed by atoms with Crippen molar-refractivity contribution in [1.82, 2.24) is 24.1 Å². The van der Waals surface area contributed by atoms with Crippen molar-refractivity contribution in [3.05, 3.63) is 77.4 Å². The minimum Gasteiger partial charge on any atom is -0.380 e. The second kappa shape index (κ2) is 8.42. The average Bonchev–Trinajstić information content (AvgIpc) is 3.51. The van der Waals surface area contributed by atoms with Crippen LogP contribution in [0.1, 0.15) is 52.6 Å². The molecule has 2 aliphatic heterocycles. The minimum atomic E-state index is -0.590. The highest BCUT2D eigenvalue weighted by molar-refractivity contribution is 6.04. The Morgan fingerprint density at radius 2 is 2.09 bits per heavy atom. The van der Waals surface area contributed by atoms with Crippen LogP contribution in [-0.4, -0.2) is 43.2 Å². The molecular weight excluding hydrogens is 447 g/mol. The maximum absolute atomic E-state index is 14.9. The molecule has 0 bridgehead atoms. The van der Waals surface area contributed by atoms with E-state index < -0.39 is 11.7 Å². The van der Waals surface area contributed by atoms with E-state index in [1.807, 2.05) is 29.1 Å². The highest BCUT2D eigenvalue weighted by Gasteiger charge is 2.25. The summed E-state index contributed by atoms with van der Waals surface area (Å²) in [6.45, 7) is 5.27. The van der Waals surface area contributed by atoms with Crippen LogP contribution in [0, 0.1) is 12.7 Å². The molecular formula is C26H25FN6O2. The van der Waals surface area contributed by atoms with Crippen molar-refractivity contribution in [2.45, 2.75) is 38.6 Å². The van der Waals surface area contributed by atoms with Crippen LogP contribution in [0.5, 0.6) is 0 Å². The molecule has 1 saturated heterocycles. The number of fused-ring (bicyclic) bond motifs is 1. The first-order chi connectivity index (χ1) is 17.0. The van der Waals surface area contributed by atoms with E-state index in [2.05, 4.69) is 31.8 Å². The van der Waals surface area contributed by atoms with Crippen molar-refractivity contribution in [2.24, 2.45) is 0 Å². The van der Waals surface area contributed by atoms with E-state index in [1.165, 1.54) is 11.8 Å². The molecule has 1 fully saturated rings. The first-order valence-corrected chi connectivity index (χ1v) is 11.7. The Morgan fingerprint density at radius 1 is 1.23 bits per heavy atom. The third kappa shape index (κ3) is 3.81. The Bertz CT molecular complexity index is 1440. The normalized spacial score (nSPS) is 17.3. The van der Waals surface area contributed by atoms with Gasteiger partial charge in [-0.1, -0.05) is 6.07 Å². The molecule has 4 aromatic rings. The number of carbonyl (C=O) groups excluding carboxylic acids is 1. The van der Waals surface area contributed by atoms with Crippen LogP contribution >= 0.6 is 0 Å². The summed E-state index contributed by atoms with van der Waals surface area (Å²) in [4.78, 5) is 26.7. The molecule has 1 N–H and O–H groups in total. The summed E-state index contributed by atoms with van der Waals surface area (Å²) in [5.74, 6) is 0.234. The van der Waals surface area contributed by atoms with Gasteiger partial charge in [0.2, 0.25) is 0 Å². The lowest BCUT2D eigenvalue weighted by atomic mass is 10.1. The van der Waals surface area contributed by atoms with Crippen LogP contribution in [0.2, 0.25) is 0 Å². The Kier molecular flexibility index (Phi) is 5.21. The van der Waals surface area contributed by atoms with E-state index in [9.17, 15) is 9.18 Å². The molecule has 0 saturated carbocycles. The summed E-state index contributed by atoms with van der Waals surface area (Å²) in [5, 5.41) is 2.75. The molecule has 8 nitrogen and oxygen atoms in total. The van der Waals surface area contributed by atoms with Crippen molar-refractivity contribution >= 4 is 11.7 Å². The molecule has 9 heteroatoms. The number of aryl methyl sites for hydroxylation is 2. The predicted octanol–water partition coefficient (Wildman–Crippen LogP) is 4.45. The van der Waals surface area contributed by atoms with Gasteiger partial charge in [0, 0.05) is 30.0 Å². The van der Waals surface area contributed by atoms with E-state index in [0.29, 0.717) is 42.0 Å². The number of carbonyl (C=O) groups is 1. The molecule has 5 heterocycles. The van der Waals surface area contributed by atoms with E-state index >= 15 is 0 Å². The lowest BCUT2D eigenvalue weighted by Gasteiger charge is -2.23. The lowest BCUT2D eigenvalue weighted by Crippen LogP contribution is -2.25. The van der Waals surface area contributed by atoms with Crippen molar-refractivity contribution in [3.63, 3.8) is 0 Å². The number of amides is 1. The van der Waals surface area contributed by atoms with Gasteiger partial charge in [0.15, 0.2) is 5.82 Å². The van der Waals surface area contributed by atoms with E-state index in [0.717, 1.165) is 24.4 Å². The first-order valence-electron chi connectivity index (χ1n) is 11.7. The van der Waals surface area contributed by atoms with Crippen LogP contribution in [0.4, 0.5) is 10.2 Å². The Labute approximate surface area is 201 Å². The van der Waals surface area contributed by atoms with E-state index in [1.54, 1.807) is 25.4 Å². The van der Waals surface area contributed by atoms with E-state index in [-0.39, 0.29) is 11.5 Å². The topological polar surface area (TPSA) is 86.9 Å². The van der Waals surface area contributed by atoms with Gasteiger partial charge in [-0.15, -0.1) is 0 Å². The maximum Gasteiger partial charge on any atom is 0.259 e. The minimum absolute atomic E-state index is 0.0599. The summed E-state index contributed by atoms with van der Waals surface area (Å²) in [7, 11) is 0. The van der Waals surface area contributed by atoms with Gasteiger partial charge in [-0.2, -0.15) is 0 Å². The molecule has 6 rings (SSSR count). The second-order valence-electron chi connectivity index (χ2n) is 9.25. The molecule has 1 atom stereocenters. The number of hydrogen-bond donors (Lipinski definition) is 1. The third-order valence-electron chi connectivity index (χ3n) is 6.82. The number of rotatable bonds is 5. The van der Waals surface area contributed by atoms with Crippen molar-refractivity contribution < 1.29 is 13.9 Å². The van der Waals surface area contributed by atoms with Gasteiger partial charge < -0.3 is 19.2 Å². The number of nitrogens with one attached hydrogen (secondary N) is 1. The summed E-state index contributed by atoms with van der Waals surface area (Å²) in [6, 6.07) is 8.64. The number of benzene rings is 1. The third-order valence-corrected chi connectivity index (χ3v) is 6.82. The summed E-state index contributed by atoms with van der Waals surface area (Å²) in [5.41, 5.74) is 4.11. The fourth-order valence-corrected chi connectivity index (χ4v) is 4.76. The van der Waals surface area contributed by atoms with Gasteiger partial charge in [-0.25, -0.2) is 19.3 Å². The number of nitrogens with zero attached hydrogens (tertiary/aromatic N) is 5. The number of imidazole rings is 2. The number of pyridine rings is 1. The SMILES string of the molecule is Cc1cc(F)c(C(=O)Nc2cccc(-c3ncc4n3[C@@H](C)CC4)n2)cc1-n1cnc(C2COC2)c1. The molecule has 3 aromatic heterocycles. The van der Waals surface area contributed by atoms with Gasteiger partial charge in [0.25, 0.3) is 5.91 Å². The second-order valence-corrected chi connectivity index (χ2v) is 9.25. The van der Waals surface area contributed by atoms with Gasteiger partial charge in [-0.05, 0) is 56.5 Å². The van der Waals surface area contributed by atoms with E-state index in [4.69, 9.17) is 4.74 Å². The van der Waals surface area contributed by atoms with Gasteiger partial charge in [0.05, 0.1) is 36.5 Å². The fourth-order valence-electron chi connectivity index (χ4n) is 4.76. The first kappa shape index (κ1) is 21.7. The maximum atomic E-state index is 14.9. The standard InChI is InChI=1S/C26H25FN6O2/c1-15-8-20(27)19(9-23(15)32-11-22(29-14-32)17-12-35-13-17)26(34)31-24-5-3-4-21(30-24)25-28-10-18-7-6-16(2)33(18)25/h3-5,8-11,14,16-17H,6-7,12-13H2,1-2H3,(H,30,31,34)/t16-/m0/s1. The number of halogens is 1. The molecule has 178 valence electrons. The number of aromatic nitrogens is 5. The van der Waals surface area contributed by atoms with Crippen molar-refractivity contribution in [2.75, 3.05) is 18.5 Å². The van der Waals surface area contributed by atoms with Crippen LogP contribution in [0.3, 0.4) is 0 Å². The molecule has 0 spiro atoms. The molecule has 2 aliphatic rings. The monoisotopic (exact) mass is 472 g/mol. The Hall–Kier alpha value is -3.85. The zero-order valence-corrected chi connectivity index (χ0v) is 19.5. The zero-order valence-electron chi connectivity index (χ0n) is 19.5. The molecule has 1 amide bonds. The molecule has 0 radical (unpaired) electrons. The summed E-state index contributed by atoms with van der Waals surface area (Å²) < 4.78 is 24.1. The number of hydrogen-bond acceptors (Lipinski definition) is 5. The highest BCUT2D eigenvalue weighted by Crippen LogP contribution is 2.32. The average molecular weight is 473 g/mol. The van der Waals surface area contributed by atoms with Crippen molar-refractivity contribution in [3.8, 4) is 17.2 Å². The van der Waals surface area contributed by atoms with Gasteiger partial charge in [-0.3, -0.25) is 4.79 Å². The highest BCUT2D eigenvalue weighted by atomic mass is 19.1. The Balaban J connectivity index is 1.27. The van der Waals surface area contributed by atoms with Crippen LogP contribution in [-0.2, 0) is 11.2 Å². The lowest BCUT2D eigenvalue weighted by molar-refractivity contribution is 0.00685. The van der Waals surface area contributed by atoms with Crippen LogP contribution < -0.4 is 5.32 Å². The number of anilines is 1. The quantitative estimate of drug-likeness (QED) is 0.464. The van der Waals surface area contributed by atoms with Crippen LogP contribution in [0.25, 0.3) is 17.2 Å². The van der Waals surface area contributed by atoms with Gasteiger partial charge >= 0.3 is 0 Å². The number of ether oxygens (including phenoxy) is 1. The smallest absolute Gasteiger partial charge is 0.259 e. The van der Waals surface area contributed by atoms with Gasteiger partial charge in [0.1, 0.15) is 17.3 Å². The zero-order chi connectivity index (χ0) is 24.1. The molecule has 35 heavy (non-hydrogen) atoms. The molecule has 1 aromatic carbocycles. The molecule has 0 unspecified atom stereocenters. The van der Waals surface area contributed by atoms with Crippen molar-refractivity contribution in [1.29, 1.82) is 0 Å². The molecule has 0 aliphatic carbocycles. The fraction of sp³-hybridized carbons (Fsp3) is 0.308. The summed E-state index contributed by atoms with van der Waals surface area (Å²) in [6.07, 6.45) is 7.54. The largest absolute Gasteiger partial charge is 0.380 e. The Morgan fingerprint density at radius 3 is 2.89 bits per heavy atom. The van der Waals surface area contributed by atoms with Crippen LogP contribution in [0.15, 0.2) is 49.1 Å². The predicted molar refractivity (Wildman–Crippen MR) is 128 cm³/mol.